The molecule has 1 aromatic heterocycles. The standard InChI is InChI=1S/C16H18N4O6S2/c1-18-12-5-4-11(20(23)24)8-13(12)27-16(18)17-14(21)9-28(25,26)10-15(22)19-6-2-3-7-19/h4-5,8H,2-3,6-7,9-10H2,1H3. The fourth-order valence-electron chi connectivity index (χ4n) is 2.97. The van der Waals surface area contributed by atoms with E-state index in [0.717, 1.165) is 24.2 Å². The van der Waals surface area contributed by atoms with Crippen molar-refractivity contribution in [1.29, 1.82) is 0 Å². The number of carbonyl (C=O) groups excluding carboxylic acids is 2. The predicted octanol–water partition coefficient (Wildman–Crippen LogP) is 0.612. The number of thiazole rings is 1. The van der Waals surface area contributed by atoms with Gasteiger partial charge in [0.1, 0.15) is 11.5 Å². The number of aryl methyl sites for hydroxylation is 1. The molecule has 150 valence electrons. The van der Waals surface area contributed by atoms with Crippen LogP contribution in [0.5, 0.6) is 0 Å². The Morgan fingerprint density at radius 2 is 1.93 bits per heavy atom. The lowest BCUT2D eigenvalue weighted by atomic mass is 10.3. The third-order valence-corrected chi connectivity index (χ3v) is 6.84. The van der Waals surface area contributed by atoms with Gasteiger partial charge in [0.25, 0.3) is 11.6 Å². The molecule has 2 aromatic rings. The highest BCUT2D eigenvalue weighted by Crippen LogP contribution is 2.22. The van der Waals surface area contributed by atoms with Crippen LogP contribution in [0.25, 0.3) is 10.2 Å². The van der Waals surface area contributed by atoms with E-state index < -0.39 is 38.1 Å². The number of likely N-dealkylation sites (tertiary alicyclic amines) is 1. The fraction of sp³-hybridized carbons (Fsp3) is 0.438. The Morgan fingerprint density at radius 1 is 1.25 bits per heavy atom. The van der Waals surface area contributed by atoms with Gasteiger partial charge in [-0.3, -0.25) is 19.7 Å². The summed E-state index contributed by atoms with van der Waals surface area (Å²) in [4.78, 5) is 40.1. The quantitative estimate of drug-likeness (QED) is 0.508. The molecule has 28 heavy (non-hydrogen) atoms. The zero-order chi connectivity index (χ0) is 20.5. The van der Waals surface area contributed by atoms with E-state index in [0.29, 0.717) is 23.3 Å². The molecular weight excluding hydrogens is 408 g/mol. The van der Waals surface area contributed by atoms with E-state index in [9.17, 15) is 28.1 Å². The van der Waals surface area contributed by atoms with Crippen LogP contribution in [0.2, 0.25) is 0 Å². The zero-order valence-electron chi connectivity index (χ0n) is 15.0. The number of aromatic nitrogens is 1. The minimum absolute atomic E-state index is 0.0878. The van der Waals surface area contributed by atoms with Gasteiger partial charge in [-0.05, 0) is 18.9 Å². The number of nitrogens with zero attached hydrogens (tertiary/aromatic N) is 4. The van der Waals surface area contributed by atoms with Gasteiger partial charge in [0.05, 0.1) is 15.1 Å². The lowest BCUT2D eigenvalue weighted by Crippen LogP contribution is -2.35. The molecular formula is C16H18N4O6S2. The summed E-state index contributed by atoms with van der Waals surface area (Å²) >= 11 is 1.05. The van der Waals surface area contributed by atoms with Gasteiger partial charge in [-0.2, -0.15) is 4.99 Å². The lowest BCUT2D eigenvalue weighted by Gasteiger charge is -2.14. The first kappa shape index (κ1) is 20.1. The van der Waals surface area contributed by atoms with Crippen LogP contribution in [-0.4, -0.2) is 59.2 Å². The molecule has 0 unspecified atom stereocenters. The molecule has 1 aliphatic rings. The van der Waals surface area contributed by atoms with Crippen LogP contribution >= 0.6 is 11.3 Å². The molecule has 1 aromatic carbocycles. The number of sulfone groups is 1. The summed E-state index contributed by atoms with van der Waals surface area (Å²) in [7, 11) is -2.30. The summed E-state index contributed by atoms with van der Waals surface area (Å²) in [6.07, 6.45) is 1.70. The largest absolute Gasteiger partial charge is 0.342 e. The zero-order valence-corrected chi connectivity index (χ0v) is 16.7. The number of rotatable bonds is 5. The maximum Gasteiger partial charge on any atom is 0.270 e. The van der Waals surface area contributed by atoms with Gasteiger partial charge >= 0.3 is 0 Å². The molecule has 0 bridgehead atoms. The van der Waals surface area contributed by atoms with Crippen molar-refractivity contribution in [3.8, 4) is 0 Å². The van der Waals surface area contributed by atoms with E-state index in [2.05, 4.69) is 4.99 Å². The first-order chi connectivity index (χ1) is 13.2. The average Bonchev–Trinajstić information content (AvgIpc) is 3.23. The highest BCUT2D eigenvalue weighted by atomic mass is 32.2. The van der Waals surface area contributed by atoms with Gasteiger partial charge in [-0.15, -0.1) is 0 Å². The van der Waals surface area contributed by atoms with Crippen LogP contribution < -0.4 is 4.80 Å². The molecule has 0 aliphatic carbocycles. The second-order valence-electron chi connectivity index (χ2n) is 6.48. The monoisotopic (exact) mass is 426 g/mol. The summed E-state index contributed by atoms with van der Waals surface area (Å²) in [6.45, 7) is 1.08. The summed E-state index contributed by atoms with van der Waals surface area (Å²) in [5, 5.41) is 10.9. The molecule has 10 nitrogen and oxygen atoms in total. The number of carbonyl (C=O) groups is 2. The summed E-state index contributed by atoms with van der Waals surface area (Å²) in [5.74, 6) is -2.95. The molecule has 0 atom stereocenters. The molecule has 3 rings (SSSR count). The molecule has 2 heterocycles. The van der Waals surface area contributed by atoms with Crippen LogP contribution in [0.4, 0.5) is 5.69 Å². The molecule has 1 aliphatic heterocycles. The summed E-state index contributed by atoms with van der Waals surface area (Å²) in [5.41, 5.74) is 0.546. The maximum atomic E-state index is 12.2. The van der Waals surface area contributed by atoms with E-state index in [-0.39, 0.29) is 10.5 Å². The Hall–Kier alpha value is -2.60. The van der Waals surface area contributed by atoms with Crippen molar-refractivity contribution in [2.75, 3.05) is 24.6 Å². The van der Waals surface area contributed by atoms with E-state index in [1.165, 1.54) is 17.0 Å². The van der Waals surface area contributed by atoms with Gasteiger partial charge in [-0.1, -0.05) is 11.3 Å². The molecule has 2 amide bonds. The van der Waals surface area contributed by atoms with Crippen LogP contribution in [0.1, 0.15) is 12.8 Å². The van der Waals surface area contributed by atoms with E-state index in [4.69, 9.17) is 0 Å². The van der Waals surface area contributed by atoms with E-state index in [1.54, 1.807) is 17.7 Å². The second kappa shape index (κ2) is 7.80. The minimum Gasteiger partial charge on any atom is -0.342 e. The van der Waals surface area contributed by atoms with Crippen LogP contribution in [0, 0.1) is 10.1 Å². The minimum atomic E-state index is -3.93. The molecule has 0 saturated carbocycles. The van der Waals surface area contributed by atoms with Crippen molar-refractivity contribution in [2.24, 2.45) is 12.0 Å². The van der Waals surface area contributed by atoms with Crippen molar-refractivity contribution in [3.63, 3.8) is 0 Å². The Kier molecular flexibility index (Phi) is 5.61. The van der Waals surface area contributed by atoms with Crippen molar-refractivity contribution < 1.29 is 22.9 Å². The number of nitro benzene ring substituents is 1. The van der Waals surface area contributed by atoms with Crippen LogP contribution in [-0.2, 0) is 26.5 Å². The Balaban J connectivity index is 1.79. The predicted molar refractivity (Wildman–Crippen MR) is 102 cm³/mol. The molecule has 0 radical (unpaired) electrons. The number of fused-ring (bicyclic) bond motifs is 1. The van der Waals surface area contributed by atoms with Gasteiger partial charge in [0, 0.05) is 32.3 Å². The first-order valence-corrected chi connectivity index (χ1v) is 11.1. The van der Waals surface area contributed by atoms with Crippen LogP contribution in [0.15, 0.2) is 23.2 Å². The number of nitro groups is 1. The molecule has 12 heteroatoms. The Bertz CT molecular complexity index is 1130. The van der Waals surface area contributed by atoms with Crippen molar-refractivity contribution >= 4 is 48.9 Å². The van der Waals surface area contributed by atoms with Gasteiger partial charge in [0.2, 0.25) is 5.91 Å². The number of hydrogen-bond acceptors (Lipinski definition) is 7. The van der Waals surface area contributed by atoms with Crippen molar-refractivity contribution in [3.05, 3.63) is 33.1 Å². The molecule has 0 N–H and O–H groups in total. The van der Waals surface area contributed by atoms with Crippen molar-refractivity contribution in [1.82, 2.24) is 9.47 Å². The maximum absolute atomic E-state index is 12.2. The number of non-ortho nitro benzene ring substituents is 1. The lowest BCUT2D eigenvalue weighted by molar-refractivity contribution is -0.384. The number of hydrogen-bond donors (Lipinski definition) is 0. The second-order valence-corrected chi connectivity index (χ2v) is 9.55. The smallest absolute Gasteiger partial charge is 0.270 e. The van der Waals surface area contributed by atoms with E-state index in [1.807, 2.05) is 0 Å². The van der Waals surface area contributed by atoms with Crippen molar-refractivity contribution in [2.45, 2.75) is 12.8 Å². The summed E-state index contributed by atoms with van der Waals surface area (Å²) < 4.78 is 26.4. The third-order valence-electron chi connectivity index (χ3n) is 4.37. The van der Waals surface area contributed by atoms with E-state index >= 15 is 0 Å². The third kappa shape index (κ3) is 4.44. The van der Waals surface area contributed by atoms with Gasteiger partial charge in [-0.25, -0.2) is 8.42 Å². The molecule has 0 spiro atoms. The highest BCUT2D eigenvalue weighted by Gasteiger charge is 2.26. The number of benzene rings is 1. The highest BCUT2D eigenvalue weighted by molar-refractivity contribution is 7.92. The van der Waals surface area contributed by atoms with Gasteiger partial charge < -0.3 is 9.47 Å². The fourth-order valence-corrected chi connectivity index (χ4v) is 5.14. The summed E-state index contributed by atoms with van der Waals surface area (Å²) in [6, 6.07) is 4.25. The Morgan fingerprint density at radius 3 is 2.57 bits per heavy atom. The Labute approximate surface area is 164 Å². The normalized spacial score (nSPS) is 15.3. The van der Waals surface area contributed by atoms with Crippen LogP contribution in [0.3, 0.4) is 0 Å². The SMILES string of the molecule is Cn1c(=NC(=O)CS(=O)(=O)CC(=O)N2CCCC2)sc2cc([N+](=O)[O-])ccc21. The topological polar surface area (TPSA) is 132 Å². The molecule has 1 saturated heterocycles. The average molecular weight is 426 g/mol. The molecule has 1 fully saturated rings. The van der Waals surface area contributed by atoms with Gasteiger partial charge in [0.15, 0.2) is 14.6 Å². The first-order valence-electron chi connectivity index (χ1n) is 8.46. The number of amides is 2.